The third-order valence-electron chi connectivity index (χ3n) is 6.19. The van der Waals surface area contributed by atoms with E-state index in [4.69, 9.17) is 16.1 Å². The van der Waals surface area contributed by atoms with Gasteiger partial charge in [-0.25, -0.2) is 9.37 Å². The molecule has 204 valence electrons. The van der Waals surface area contributed by atoms with Crippen LogP contribution in [0.25, 0.3) is 10.1 Å². The van der Waals surface area contributed by atoms with Crippen molar-refractivity contribution in [2.75, 3.05) is 5.32 Å². The van der Waals surface area contributed by atoms with Crippen LogP contribution in [0.5, 0.6) is 0 Å². The number of fused-ring (bicyclic) bond motifs is 1. The molecule has 0 aliphatic rings. The van der Waals surface area contributed by atoms with Crippen LogP contribution in [0.3, 0.4) is 0 Å². The van der Waals surface area contributed by atoms with E-state index in [-0.39, 0.29) is 41.2 Å². The predicted octanol–water partition coefficient (Wildman–Crippen LogP) is 5.20. The van der Waals surface area contributed by atoms with Crippen molar-refractivity contribution in [2.45, 2.75) is 32.9 Å². The molecule has 0 bridgehead atoms. The van der Waals surface area contributed by atoms with Gasteiger partial charge in [-0.3, -0.25) is 14.4 Å². The third-order valence-corrected chi connectivity index (χ3v) is 7.36. The summed E-state index contributed by atoms with van der Waals surface area (Å²) in [6.45, 7) is 2.94. The minimum absolute atomic E-state index is 0.0197. The van der Waals surface area contributed by atoms with Gasteiger partial charge in [-0.15, -0.1) is 0 Å². The number of rotatable bonds is 9. The van der Waals surface area contributed by atoms with Crippen molar-refractivity contribution in [2.24, 2.45) is 0 Å². The van der Waals surface area contributed by atoms with Crippen molar-refractivity contribution in [1.29, 1.82) is 0 Å². The Hall–Kier alpha value is -4.42. The van der Waals surface area contributed by atoms with E-state index in [1.165, 1.54) is 53.7 Å². The molecule has 3 heterocycles. The molecular formula is C27H22ClFN6O4S. The first kappa shape index (κ1) is 27.2. The van der Waals surface area contributed by atoms with Gasteiger partial charge in [-0.05, 0) is 48.3 Å². The van der Waals surface area contributed by atoms with Crippen molar-refractivity contribution in [1.82, 2.24) is 24.4 Å². The van der Waals surface area contributed by atoms with Gasteiger partial charge in [0, 0.05) is 28.4 Å². The SMILES string of the molecule is CC(=O)Cn1c(C(=O)NCc2cnoc2)nc(NC(=O)c2nsc3ccccc23)c1[C@@H](C)c1cc(F)ccc1Cl. The van der Waals surface area contributed by atoms with Gasteiger partial charge in [-0.1, -0.05) is 41.9 Å². The van der Waals surface area contributed by atoms with Crippen molar-refractivity contribution >= 4 is 56.6 Å². The number of imidazole rings is 1. The van der Waals surface area contributed by atoms with Gasteiger partial charge in [0.15, 0.2) is 5.82 Å². The molecule has 0 aliphatic carbocycles. The summed E-state index contributed by atoms with van der Waals surface area (Å²) in [6, 6.07) is 11.2. The van der Waals surface area contributed by atoms with Crippen LogP contribution in [0.15, 0.2) is 59.4 Å². The lowest BCUT2D eigenvalue weighted by Crippen LogP contribution is -2.28. The molecule has 0 aliphatic heterocycles. The van der Waals surface area contributed by atoms with Crippen LogP contribution in [0, 0.1) is 5.82 Å². The van der Waals surface area contributed by atoms with E-state index in [0.29, 0.717) is 22.2 Å². The van der Waals surface area contributed by atoms with E-state index in [9.17, 15) is 18.8 Å². The van der Waals surface area contributed by atoms with Crippen molar-refractivity contribution < 1.29 is 23.3 Å². The summed E-state index contributed by atoms with van der Waals surface area (Å²) >= 11 is 7.60. The quantitative estimate of drug-likeness (QED) is 0.245. The fraction of sp³-hybridized carbons (Fsp3) is 0.185. The molecular weight excluding hydrogens is 559 g/mol. The van der Waals surface area contributed by atoms with Gasteiger partial charge in [0.1, 0.15) is 23.6 Å². The van der Waals surface area contributed by atoms with Crippen LogP contribution in [0.4, 0.5) is 10.2 Å². The Labute approximate surface area is 236 Å². The first-order chi connectivity index (χ1) is 19.2. The standard InChI is InChI=1S/C27H22ClFN6O4S/c1-14(36)12-35-23(15(2)19-9-17(29)7-8-20(19)28)24(32-25(35)27(38)30-10-16-11-31-39-13-16)33-26(37)22-18-5-3-4-6-21(18)40-34-22/h3-9,11,13,15H,10,12H2,1-2H3,(H,30,38)(H,33,37)/t15-/m0/s1. The molecule has 5 aromatic rings. The molecule has 3 aromatic heterocycles. The number of hydrogen-bond donors (Lipinski definition) is 2. The molecule has 13 heteroatoms. The lowest BCUT2D eigenvalue weighted by atomic mass is 9.96. The number of benzene rings is 2. The lowest BCUT2D eigenvalue weighted by molar-refractivity contribution is -0.117. The first-order valence-corrected chi connectivity index (χ1v) is 13.2. The topological polar surface area (TPSA) is 132 Å². The Kier molecular flexibility index (Phi) is 7.71. The highest BCUT2D eigenvalue weighted by molar-refractivity contribution is 7.13. The zero-order valence-corrected chi connectivity index (χ0v) is 22.8. The van der Waals surface area contributed by atoms with E-state index in [2.05, 4.69) is 25.1 Å². The Balaban J connectivity index is 1.61. The molecule has 10 nitrogen and oxygen atoms in total. The highest BCUT2D eigenvalue weighted by Gasteiger charge is 2.30. The fourth-order valence-electron chi connectivity index (χ4n) is 4.34. The second-order valence-electron chi connectivity index (χ2n) is 9.04. The number of ketones is 1. The highest BCUT2D eigenvalue weighted by Crippen LogP contribution is 2.36. The third kappa shape index (κ3) is 5.49. The Morgan fingerprint density at radius 2 is 1.98 bits per heavy atom. The van der Waals surface area contributed by atoms with Crippen LogP contribution in [-0.4, -0.2) is 36.7 Å². The number of carbonyl (C=O) groups excluding carboxylic acids is 3. The number of amides is 2. The molecule has 2 amide bonds. The molecule has 5 rings (SSSR count). The molecule has 0 unspecified atom stereocenters. The van der Waals surface area contributed by atoms with Crippen LogP contribution in [0.1, 0.15) is 57.7 Å². The number of nitrogens with one attached hydrogen (secondary N) is 2. The van der Waals surface area contributed by atoms with Crippen molar-refractivity contribution in [3.8, 4) is 0 Å². The number of halogens is 2. The monoisotopic (exact) mass is 580 g/mol. The molecule has 2 aromatic carbocycles. The van der Waals surface area contributed by atoms with Crippen molar-refractivity contribution in [3.05, 3.63) is 94.1 Å². The maximum absolute atomic E-state index is 14.3. The lowest BCUT2D eigenvalue weighted by Gasteiger charge is -2.19. The van der Waals surface area contributed by atoms with Gasteiger partial charge in [0.05, 0.1) is 23.1 Å². The zero-order valence-electron chi connectivity index (χ0n) is 21.3. The molecule has 0 saturated carbocycles. The minimum atomic E-state index is -0.683. The number of anilines is 1. The van der Waals surface area contributed by atoms with Gasteiger partial charge in [0.2, 0.25) is 5.82 Å². The zero-order chi connectivity index (χ0) is 28.4. The second kappa shape index (κ2) is 11.4. The minimum Gasteiger partial charge on any atom is -0.364 e. The van der Waals surface area contributed by atoms with Gasteiger partial charge >= 0.3 is 0 Å². The molecule has 0 spiro atoms. The van der Waals surface area contributed by atoms with Crippen LogP contribution in [0.2, 0.25) is 5.02 Å². The average Bonchev–Trinajstić information content (AvgIpc) is 3.67. The fourth-order valence-corrected chi connectivity index (χ4v) is 5.39. The maximum atomic E-state index is 14.3. The van der Waals surface area contributed by atoms with E-state index in [1.807, 2.05) is 12.1 Å². The molecule has 1 atom stereocenters. The Morgan fingerprint density at radius 1 is 1.18 bits per heavy atom. The number of carbonyl (C=O) groups is 3. The Bertz CT molecular complexity index is 1730. The Morgan fingerprint density at radius 3 is 2.73 bits per heavy atom. The predicted molar refractivity (Wildman–Crippen MR) is 147 cm³/mol. The van der Waals surface area contributed by atoms with Crippen LogP contribution >= 0.6 is 23.1 Å². The van der Waals surface area contributed by atoms with E-state index in [0.717, 1.165) is 4.70 Å². The van der Waals surface area contributed by atoms with Crippen LogP contribution < -0.4 is 10.6 Å². The van der Waals surface area contributed by atoms with E-state index >= 15 is 0 Å². The summed E-state index contributed by atoms with van der Waals surface area (Å²) in [5.41, 5.74) is 1.48. The average molecular weight is 581 g/mol. The second-order valence-corrected chi connectivity index (χ2v) is 10.3. The van der Waals surface area contributed by atoms with Gasteiger partial charge in [0.25, 0.3) is 11.8 Å². The molecule has 2 N–H and O–H groups in total. The van der Waals surface area contributed by atoms with Gasteiger partial charge < -0.3 is 19.7 Å². The molecule has 40 heavy (non-hydrogen) atoms. The summed E-state index contributed by atoms with van der Waals surface area (Å²) in [5.74, 6) is -2.74. The maximum Gasteiger partial charge on any atom is 0.287 e. The summed E-state index contributed by atoms with van der Waals surface area (Å²) in [4.78, 5) is 43.5. The largest absolute Gasteiger partial charge is 0.364 e. The van der Waals surface area contributed by atoms with E-state index < -0.39 is 23.5 Å². The number of nitrogens with zero attached hydrogens (tertiary/aromatic N) is 4. The normalized spacial score (nSPS) is 11.9. The molecule has 0 fully saturated rings. The summed E-state index contributed by atoms with van der Waals surface area (Å²) in [7, 11) is 0. The number of aromatic nitrogens is 4. The summed E-state index contributed by atoms with van der Waals surface area (Å²) < 4.78 is 25.6. The van der Waals surface area contributed by atoms with Crippen LogP contribution in [-0.2, 0) is 17.9 Å². The van der Waals surface area contributed by atoms with E-state index in [1.54, 1.807) is 19.1 Å². The summed E-state index contributed by atoms with van der Waals surface area (Å²) in [5, 5.41) is 10.0. The van der Waals surface area contributed by atoms with Crippen molar-refractivity contribution in [3.63, 3.8) is 0 Å². The molecule has 0 saturated heterocycles. The number of hydrogen-bond acceptors (Lipinski definition) is 8. The number of Topliss-reactive ketones (excluding diaryl/α,β-unsaturated/α-hetero) is 1. The summed E-state index contributed by atoms with van der Waals surface area (Å²) in [6.07, 6.45) is 2.83. The smallest absolute Gasteiger partial charge is 0.287 e. The first-order valence-electron chi connectivity index (χ1n) is 12.1. The highest BCUT2D eigenvalue weighted by atomic mass is 35.5. The van der Waals surface area contributed by atoms with Gasteiger partial charge in [-0.2, -0.15) is 4.37 Å². The molecule has 0 radical (unpaired) electrons.